The molecule has 0 aliphatic carbocycles. The van der Waals surface area contributed by atoms with Gasteiger partial charge in [-0.05, 0) is 48.2 Å². The van der Waals surface area contributed by atoms with Crippen LogP contribution in [-0.4, -0.2) is 35.2 Å². The lowest BCUT2D eigenvalue weighted by atomic mass is 10.0. The third-order valence-corrected chi connectivity index (χ3v) is 4.70. The van der Waals surface area contributed by atoms with Gasteiger partial charge < -0.3 is 9.47 Å². The molecule has 1 heterocycles. The number of carbonyl (C=O) groups is 1. The lowest BCUT2D eigenvalue weighted by molar-refractivity contribution is 0.0600. The van der Waals surface area contributed by atoms with Gasteiger partial charge in [0.15, 0.2) is 0 Å². The Bertz CT molecular complexity index is 973. The average molecular weight is 404 g/mol. The second-order valence-corrected chi connectivity index (χ2v) is 6.55. The number of aryl methyl sites for hydroxylation is 2. The van der Waals surface area contributed by atoms with Crippen LogP contribution in [0.3, 0.4) is 0 Å². The number of halogens is 2. The fraction of sp³-hybridized carbons (Fsp3) is 0.250. The van der Waals surface area contributed by atoms with Gasteiger partial charge >= 0.3 is 5.97 Å². The van der Waals surface area contributed by atoms with Crippen LogP contribution in [0.25, 0.3) is 0 Å². The normalized spacial score (nSPS) is 10.7. The van der Waals surface area contributed by atoms with Crippen LogP contribution in [0.1, 0.15) is 27.2 Å². The molecule has 1 aromatic heterocycles. The predicted octanol–water partition coefficient (Wildman–Crippen LogP) is 3.70. The minimum absolute atomic E-state index is 0.0160. The lowest BCUT2D eigenvalue weighted by Gasteiger charge is -2.08. The van der Waals surface area contributed by atoms with Gasteiger partial charge in [-0.1, -0.05) is 28.9 Å². The van der Waals surface area contributed by atoms with Crippen molar-refractivity contribution in [1.29, 1.82) is 0 Å². The minimum Gasteiger partial charge on any atom is -0.497 e. The minimum atomic E-state index is -0.670. The van der Waals surface area contributed by atoms with Crippen molar-refractivity contribution >= 4 is 17.6 Å². The van der Waals surface area contributed by atoms with Crippen LogP contribution in [0.4, 0.5) is 4.39 Å². The lowest BCUT2D eigenvalue weighted by Crippen LogP contribution is -2.05. The Kier molecular flexibility index (Phi) is 6.26. The van der Waals surface area contributed by atoms with Gasteiger partial charge in [-0.25, -0.2) is 13.9 Å². The van der Waals surface area contributed by atoms with Crippen molar-refractivity contribution in [3.8, 4) is 5.75 Å². The highest BCUT2D eigenvalue weighted by Crippen LogP contribution is 2.25. The summed E-state index contributed by atoms with van der Waals surface area (Å²) in [7, 11) is 2.85. The van der Waals surface area contributed by atoms with Gasteiger partial charge in [0.2, 0.25) is 0 Å². The van der Waals surface area contributed by atoms with Gasteiger partial charge in [-0.15, -0.1) is 5.10 Å². The Balaban J connectivity index is 1.67. The van der Waals surface area contributed by atoms with Crippen LogP contribution in [0, 0.1) is 5.82 Å². The summed E-state index contributed by atoms with van der Waals surface area (Å²) in [5.74, 6) is -0.416. The second kappa shape index (κ2) is 8.84. The number of nitrogens with zero attached hydrogens (tertiary/aromatic N) is 3. The molecule has 146 valence electrons. The van der Waals surface area contributed by atoms with Gasteiger partial charge in [0.25, 0.3) is 0 Å². The molecular formula is C20H19ClFN3O3. The Morgan fingerprint density at radius 3 is 2.61 bits per heavy atom. The van der Waals surface area contributed by atoms with E-state index in [1.54, 1.807) is 11.8 Å². The van der Waals surface area contributed by atoms with Crippen molar-refractivity contribution in [2.75, 3.05) is 14.2 Å². The van der Waals surface area contributed by atoms with Crippen LogP contribution in [0.5, 0.6) is 5.75 Å². The topological polar surface area (TPSA) is 66.2 Å². The quantitative estimate of drug-likeness (QED) is 0.563. The second-order valence-electron chi connectivity index (χ2n) is 6.17. The van der Waals surface area contributed by atoms with E-state index in [2.05, 4.69) is 15.0 Å². The van der Waals surface area contributed by atoms with Crippen LogP contribution < -0.4 is 4.74 Å². The van der Waals surface area contributed by atoms with Gasteiger partial charge in [0.1, 0.15) is 11.6 Å². The maximum atomic E-state index is 13.8. The molecule has 8 heteroatoms. The Labute approximate surface area is 166 Å². The monoisotopic (exact) mass is 403 g/mol. The summed E-state index contributed by atoms with van der Waals surface area (Å²) >= 11 is 6.24. The van der Waals surface area contributed by atoms with Gasteiger partial charge in [0.05, 0.1) is 37.0 Å². The predicted molar refractivity (Wildman–Crippen MR) is 102 cm³/mol. The molecule has 2 aromatic carbocycles. The number of hydrogen-bond acceptors (Lipinski definition) is 5. The molecule has 0 fully saturated rings. The molecule has 0 aliphatic heterocycles. The molecule has 3 aromatic rings. The fourth-order valence-corrected chi connectivity index (χ4v) is 3.08. The molecular weight excluding hydrogens is 385 g/mol. The van der Waals surface area contributed by atoms with Gasteiger partial charge in [0, 0.05) is 6.20 Å². The number of hydrogen-bond donors (Lipinski definition) is 0. The maximum Gasteiger partial charge on any atom is 0.339 e. The number of ether oxygens (including phenoxy) is 2. The van der Waals surface area contributed by atoms with E-state index in [0.29, 0.717) is 24.9 Å². The Hall–Kier alpha value is -2.93. The number of carbonyl (C=O) groups excluding carboxylic acids is 1. The van der Waals surface area contributed by atoms with Gasteiger partial charge in [-0.3, -0.25) is 0 Å². The largest absolute Gasteiger partial charge is 0.497 e. The molecule has 0 N–H and O–H groups in total. The zero-order valence-corrected chi connectivity index (χ0v) is 16.2. The Morgan fingerprint density at radius 2 is 1.93 bits per heavy atom. The fourth-order valence-electron chi connectivity index (χ4n) is 2.80. The first-order chi connectivity index (χ1) is 13.5. The van der Waals surface area contributed by atoms with Crippen LogP contribution >= 0.6 is 11.6 Å². The molecule has 0 bridgehead atoms. The third-order valence-electron chi connectivity index (χ3n) is 4.26. The highest BCUT2D eigenvalue weighted by atomic mass is 35.5. The molecule has 0 amide bonds. The Morgan fingerprint density at radius 1 is 1.18 bits per heavy atom. The molecule has 0 radical (unpaired) electrons. The summed E-state index contributed by atoms with van der Waals surface area (Å²) in [5, 5.41) is 8.46. The van der Waals surface area contributed by atoms with Crippen molar-refractivity contribution in [1.82, 2.24) is 15.0 Å². The van der Waals surface area contributed by atoms with E-state index in [-0.39, 0.29) is 10.6 Å². The van der Waals surface area contributed by atoms with Crippen molar-refractivity contribution in [3.63, 3.8) is 0 Å². The first-order valence-electron chi connectivity index (χ1n) is 8.58. The van der Waals surface area contributed by atoms with E-state index in [1.165, 1.54) is 13.2 Å². The summed E-state index contributed by atoms with van der Waals surface area (Å²) in [6.07, 6.45) is 2.76. The summed E-state index contributed by atoms with van der Waals surface area (Å²) in [5.41, 5.74) is 2.34. The summed E-state index contributed by atoms with van der Waals surface area (Å²) in [6, 6.07) is 10.1. The zero-order valence-electron chi connectivity index (χ0n) is 15.5. The highest BCUT2D eigenvalue weighted by molar-refractivity contribution is 6.34. The van der Waals surface area contributed by atoms with Gasteiger partial charge in [-0.2, -0.15) is 0 Å². The first-order valence-corrected chi connectivity index (χ1v) is 8.96. The molecule has 0 aliphatic rings. The smallest absolute Gasteiger partial charge is 0.339 e. The van der Waals surface area contributed by atoms with E-state index in [4.69, 9.17) is 16.3 Å². The molecule has 0 unspecified atom stereocenters. The number of rotatable bonds is 7. The highest BCUT2D eigenvalue weighted by Gasteiger charge is 2.16. The van der Waals surface area contributed by atoms with E-state index in [9.17, 15) is 9.18 Å². The van der Waals surface area contributed by atoms with E-state index in [1.807, 2.05) is 30.5 Å². The average Bonchev–Trinajstić information content (AvgIpc) is 3.15. The zero-order chi connectivity index (χ0) is 20.1. The standard InChI is InChI=1S/C20H19ClFN3O3/c1-27-17-7-3-13(4-8-17)11-25-12-16(23-24-25)6-5-14-9-15(22)10-18(19(14)21)20(26)28-2/h3-4,7-10,12H,5-6,11H2,1-2H3. The van der Waals surface area contributed by atoms with Crippen LogP contribution in [-0.2, 0) is 24.1 Å². The van der Waals surface area contributed by atoms with Crippen molar-refractivity contribution in [2.45, 2.75) is 19.4 Å². The van der Waals surface area contributed by atoms with Crippen molar-refractivity contribution in [2.24, 2.45) is 0 Å². The van der Waals surface area contributed by atoms with Crippen LogP contribution in [0.15, 0.2) is 42.6 Å². The van der Waals surface area contributed by atoms with E-state index in [0.717, 1.165) is 23.1 Å². The summed E-state index contributed by atoms with van der Waals surface area (Å²) < 4.78 is 25.3. The third kappa shape index (κ3) is 4.67. The first kappa shape index (κ1) is 19.8. The number of esters is 1. The number of aromatic nitrogens is 3. The number of benzene rings is 2. The number of methoxy groups -OCH3 is 2. The molecule has 0 spiro atoms. The molecule has 3 rings (SSSR count). The van der Waals surface area contributed by atoms with Crippen LogP contribution in [0.2, 0.25) is 5.02 Å². The molecule has 0 atom stereocenters. The van der Waals surface area contributed by atoms with Crippen molar-refractivity contribution < 1.29 is 18.7 Å². The summed E-state index contributed by atoms with van der Waals surface area (Å²) in [4.78, 5) is 11.7. The van der Waals surface area contributed by atoms with E-state index < -0.39 is 11.8 Å². The molecule has 0 saturated heterocycles. The summed E-state index contributed by atoms with van der Waals surface area (Å²) in [6.45, 7) is 0.574. The molecule has 28 heavy (non-hydrogen) atoms. The van der Waals surface area contributed by atoms with Crippen molar-refractivity contribution in [3.05, 3.63) is 75.8 Å². The van der Waals surface area contributed by atoms with E-state index >= 15 is 0 Å². The SMILES string of the molecule is COC(=O)c1cc(F)cc(CCc2cn(Cc3ccc(OC)cc3)nn2)c1Cl. The maximum absolute atomic E-state index is 13.8. The molecule has 6 nitrogen and oxygen atoms in total. The molecule has 0 saturated carbocycles.